The second-order valence-electron chi connectivity index (χ2n) is 2.85. The maximum absolute atomic E-state index is 9.00. The number of fused-ring (bicyclic) bond motifs is 1. The molecule has 0 aliphatic heterocycles. The molecule has 74 valence electrons. The van der Waals surface area contributed by atoms with Gasteiger partial charge in [0.25, 0.3) is 0 Å². The molecule has 2 rings (SSSR count). The summed E-state index contributed by atoms with van der Waals surface area (Å²) >= 11 is 11.6. The zero-order valence-electron chi connectivity index (χ0n) is 7.33. The number of halogens is 2. The summed E-state index contributed by atoms with van der Waals surface area (Å²) in [5, 5.41) is 9.57. The Morgan fingerprint density at radius 3 is 2.79 bits per heavy atom. The van der Waals surface area contributed by atoms with Gasteiger partial charge >= 0.3 is 0 Å². The maximum atomic E-state index is 9.00. The number of nitrogens with zero attached hydrogens (tertiary/aromatic N) is 3. The predicted molar refractivity (Wildman–Crippen MR) is 54.5 cm³/mol. The van der Waals surface area contributed by atoms with Gasteiger partial charge in [-0.2, -0.15) is 0 Å². The van der Waals surface area contributed by atoms with Crippen molar-refractivity contribution in [1.29, 1.82) is 0 Å². The van der Waals surface area contributed by atoms with Gasteiger partial charge in [-0.25, -0.2) is 9.97 Å². The third-order valence-corrected chi connectivity index (χ3v) is 2.49. The molecule has 1 N–H and O–H groups in total. The Kier molecular flexibility index (Phi) is 2.34. The zero-order valence-corrected chi connectivity index (χ0v) is 8.84. The number of aromatic nitrogens is 3. The van der Waals surface area contributed by atoms with E-state index in [2.05, 4.69) is 9.97 Å². The van der Waals surface area contributed by atoms with Crippen LogP contribution in [0.3, 0.4) is 0 Å². The Morgan fingerprint density at radius 2 is 2.14 bits per heavy atom. The number of pyridine rings is 1. The van der Waals surface area contributed by atoms with Crippen molar-refractivity contribution in [3.05, 3.63) is 22.2 Å². The summed E-state index contributed by atoms with van der Waals surface area (Å²) in [5.74, 6) is 0.533. The van der Waals surface area contributed by atoms with Gasteiger partial charge in [0.2, 0.25) is 0 Å². The summed E-state index contributed by atoms with van der Waals surface area (Å²) in [6.07, 6.45) is 0. The molecule has 2 heterocycles. The number of aliphatic hydroxyl groups excluding tert-OH is 1. The van der Waals surface area contributed by atoms with E-state index in [1.165, 1.54) is 0 Å². The lowest BCUT2D eigenvalue weighted by molar-refractivity contribution is 0.268. The lowest BCUT2D eigenvalue weighted by Crippen LogP contribution is -1.96. The predicted octanol–water partition coefficient (Wildman–Crippen LogP) is 1.77. The SMILES string of the molecule is Cn1c(CO)nc2c(Cl)nc(Cl)cc21. The van der Waals surface area contributed by atoms with Gasteiger partial charge < -0.3 is 9.67 Å². The quantitative estimate of drug-likeness (QED) is 0.762. The van der Waals surface area contributed by atoms with Gasteiger partial charge in [0.15, 0.2) is 5.15 Å². The first-order chi connectivity index (χ1) is 6.63. The molecule has 2 aromatic rings. The highest BCUT2D eigenvalue weighted by Crippen LogP contribution is 2.24. The van der Waals surface area contributed by atoms with E-state index in [-0.39, 0.29) is 11.8 Å². The van der Waals surface area contributed by atoms with Gasteiger partial charge in [-0.3, -0.25) is 0 Å². The summed E-state index contributed by atoms with van der Waals surface area (Å²) in [6, 6.07) is 1.66. The molecular weight excluding hydrogens is 225 g/mol. The summed E-state index contributed by atoms with van der Waals surface area (Å²) in [7, 11) is 1.79. The highest BCUT2D eigenvalue weighted by molar-refractivity contribution is 6.36. The van der Waals surface area contributed by atoms with Crippen LogP contribution in [-0.2, 0) is 13.7 Å². The van der Waals surface area contributed by atoms with Crippen molar-refractivity contribution in [2.45, 2.75) is 6.61 Å². The Morgan fingerprint density at radius 1 is 1.43 bits per heavy atom. The number of aryl methyl sites for hydroxylation is 1. The van der Waals surface area contributed by atoms with Gasteiger partial charge in [0.1, 0.15) is 23.1 Å². The van der Waals surface area contributed by atoms with Crippen molar-refractivity contribution in [3.63, 3.8) is 0 Å². The summed E-state index contributed by atoms with van der Waals surface area (Å²) in [5.41, 5.74) is 1.32. The first-order valence-corrected chi connectivity index (χ1v) is 4.67. The average molecular weight is 232 g/mol. The molecule has 0 amide bonds. The average Bonchev–Trinajstić information content (AvgIpc) is 2.44. The van der Waals surface area contributed by atoms with Crippen LogP contribution in [0, 0.1) is 0 Å². The highest BCUT2D eigenvalue weighted by Gasteiger charge is 2.11. The van der Waals surface area contributed by atoms with E-state index >= 15 is 0 Å². The summed E-state index contributed by atoms with van der Waals surface area (Å²) in [6.45, 7) is -0.140. The third kappa shape index (κ3) is 1.35. The minimum atomic E-state index is -0.140. The zero-order chi connectivity index (χ0) is 10.3. The first kappa shape index (κ1) is 9.71. The minimum Gasteiger partial charge on any atom is -0.388 e. The number of aliphatic hydroxyl groups is 1. The second kappa shape index (κ2) is 3.38. The van der Waals surface area contributed by atoms with Gasteiger partial charge in [0, 0.05) is 13.1 Å². The Hall–Kier alpha value is -0.840. The van der Waals surface area contributed by atoms with Gasteiger partial charge in [-0.15, -0.1) is 0 Å². The van der Waals surface area contributed by atoms with Crippen molar-refractivity contribution in [2.24, 2.45) is 7.05 Å². The molecule has 6 heteroatoms. The fourth-order valence-corrected chi connectivity index (χ4v) is 1.77. The van der Waals surface area contributed by atoms with E-state index < -0.39 is 0 Å². The second-order valence-corrected chi connectivity index (χ2v) is 3.59. The molecule has 0 spiro atoms. The molecule has 0 aliphatic rings. The largest absolute Gasteiger partial charge is 0.388 e. The molecule has 0 aromatic carbocycles. The van der Waals surface area contributed by atoms with E-state index in [1.54, 1.807) is 17.7 Å². The molecule has 4 nitrogen and oxygen atoms in total. The maximum Gasteiger partial charge on any atom is 0.158 e. The van der Waals surface area contributed by atoms with Crippen LogP contribution in [-0.4, -0.2) is 19.6 Å². The highest BCUT2D eigenvalue weighted by atomic mass is 35.5. The lowest BCUT2D eigenvalue weighted by Gasteiger charge is -1.98. The van der Waals surface area contributed by atoms with Crippen LogP contribution in [0.25, 0.3) is 11.0 Å². The minimum absolute atomic E-state index is 0.140. The van der Waals surface area contributed by atoms with E-state index in [9.17, 15) is 0 Å². The molecular formula is C8H7Cl2N3O. The Bertz CT molecular complexity index is 495. The van der Waals surface area contributed by atoms with Crippen LogP contribution in [0.2, 0.25) is 10.3 Å². The van der Waals surface area contributed by atoms with E-state index in [1.807, 2.05) is 0 Å². The summed E-state index contributed by atoms with van der Waals surface area (Å²) in [4.78, 5) is 8.00. The van der Waals surface area contributed by atoms with E-state index in [4.69, 9.17) is 28.3 Å². The van der Waals surface area contributed by atoms with E-state index in [0.717, 1.165) is 5.52 Å². The lowest BCUT2D eigenvalue weighted by atomic mass is 10.4. The van der Waals surface area contributed by atoms with E-state index in [0.29, 0.717) is 16.5 Å². The molecule has 0 atom stereocenters. The molecule has 14 heavy (non-hydrogen) atoms. The monoisotopic (exact) mass is 231 g/mol. The van der Waals surface area contributed by atoms with Gasteiger partial charge in [-0.1, -0.05) is 23.2 Å². The number of hydrogen-bond donors (Lipinski definition) is 1. The van der Waals surface area contributed by atoms with Crippen LogP contribution < -0.4 is 0 Å². The number of rotatable bonds is 1. The smallest absolute Gasteiger partial charge is 0.158 e. The molecule has 2 aromatic heterocycles. The molecule has 0 aliphatic carbocycles. The normalized spacial score (nSPS) is 11.1. The molecule has 0 unspecified atom stereocenters. The number of hydrogen-bond acceptors (Lipinski definition) is 3. The fourth-order valence-electron chi connectivity index (χ4n) is 1.31. The van der Waals surface area contributed by atoms with Crippen LogP contribution in [0.15, 0.2) is 6.07 Å². The molecule has 0 radical (unpaired) electrons. The Balaban J connectivity index is 2.85. The molecule has 0 bridgehead atoms. The van der Waals surface area contributed by atoms with Gasteiger partial charge in [-0.05, 0) is 0 Å². The van der Waals surface area contributed by atoms with Crippen LogP contribution in [0.1, 0.15) is 5.82 Å². The van der Waals surface area contributed by atoms with Crippen molar-refractivity contribution in [3.8, 4) is 0 Å². The van der Waals surface area contributed by atoms with Crippen molar-refractivity contribution >= 4 is 34.2 Å². The Labute approximate surface area is 90.1 Å². The summed E-state index contributed by atoms with van der Waals surface area (Å²) < 4.78 is 1.73. The fraction of sp³-hybridized carbons (Fsp3) is 0.250. The molecule has 0 saturated heterocycles. The third-order valence-electron chi connectivity index (χ3n) is 2.03. The van der Waals surface area contributed by atoms with Crippen LogP contribution in [0.4, 0.5) is 0 Å². The number of imidazole rings is 1. The van der Waals surface area contributed by atoms with Crippen molar-refractivity contribution in [2.75, 3.05) is 0 Å². The topological polar surface area (TPSA) is 50.9 Å². The standard InChI is InChI=1S/C8H7Cl2N3O/c1-13-4-2-5(9)11-8(10)7(4)12-6(13)3-14/h2,14H,3H2,1H3. The van der Waals surface area contributed by atoms with Crippen LogP contribution in [0.5, 0.6) is 0 Å². The van der Waals surface area contributed by atoms with Crippen LogP contribution >= 0.6 is 23.2 Å². The van der Waals surface area contributed by atoms with Crippen molar-refractivity contribution in [1.82, 2.24) is 14.5 Å². The molecule has 0 fully saturated rings. The van der Waals surface area contributed by atoms with Gasteiger partial charge in [0.05, 0.1) is 5.52 Å². The first-order valence-electron chi connectivity index (χ1n) is 3.91. The molecule has 0 saturated carbocycles. The van der Waals surface area contributed by atoms with Crippen molar-refractivity contribution < 1.29 is 5.11 Å².